The van der Waals surface area contributed by atoms with E-state index in [9.17, 15) is 4.79 Å². The Morgan fingerprint density at radius 2 is 2.21 bits per heavy atom. The first-order valence-corrected chi connectivity index (χ1v) is 6.22. The van der Waals surface area contributed by atoms with Crippen molar-refractivity contribution in [2.75, 3.05) is 5.73 Å². The molecule has 0 spiro atoms. The number of benzene rings is 1. The molecule has 2 aromatic rings. The van der Waals surface area contributed by atoms with Crippen LogP contribution in [0.2, 0.25) is 0 Å². The Morgan fingerprint density at radius 3 is 2.84 bits per heavy atom. The Hall–Kier alpha value is -2.30. The summed E-state index contributed by atoms with van der Waals surface area (Å²) in [6.07, 6.45) is 0. The second-order valence-corrected chi connectivity index (χ2v) is 4.75. The molecule has 0 atom stereocenters. The van der Waals surface area contributed by atoms with E-state index in [0.717, 1.165) is 5.56 Å². The number of aromatic nitrogens is 2. The number of nitrogen functional groups attached to an aromatic ring is 1. The molecule has 1 heterocycles. The average molecular weight is 273 g/mol. The van der Waals surface area contributed by atoms with Gasteiger partial charge in [0.05, 0.1) is 5.56 Å². The average Bonchev–Trinajstić information content (AvgIpc) is 2.38. The summed E-state index contributed by atoms with van der Waals surface area (Å²) in [5.41, 5.74) is 12.1. The molecule has 0 radical (unpaired) electrons. The van der Waals surface area contributed by atoms with Gasteiger partial charge < -0.3 is 16.5 Å². The number of hydrogen-bond acceptors (Lipinski definition) is 6. The number of anilines is 1. The smallest absolute Gasteiger partial charge is 0.253 e. The van der Waals surface area contributed by atoms with Crippen LogP contribution in [0.25, 0.3) is 0 Å². The van der Waals surface area contributed by atoms with Gasteiger partial charge in [-0.2, -0.15) is 5.26 Å². The van der Waals surface area contributed by atoms with E-state index in [0.29, 0.717) is 22.2 Å². The lowest BCUT2D eigenvalue weighted by molar-refractivity contribution is 0.944. The first kappa shape index (κ1) is 13.1. The highest BCUT2D eigenvalue weighted by atomic mass is 32.2. The fourth-order valence-corrected chi connectivity index (χ4v) is 2.35. The van der Waals surface area contributed by atoms with E-state index in [2.05, 4.69) is 16.0 Å². The highest BCUT2D eigenvalue weighted by molar-refractivity contribution is 7.99. The number of nitrogens with two attached hydrogens (primary N) is 2. The van der Waals surface area contributed by atoms with Gasteiger partial charge in [-0.15, -0.1) is 0 Å². The summed E-state index contributed by atoms with van der Waals surface area (Å²) in [6.45, 7) is 0.368. The normalized spacial score (nSPS) is 10.1. The topological polar surface area (TPSA) is 122 Å². The number of rotatable bonds is 3. The van der Waals surface area contributed by atoms with Crippen molar-refractivity contribution < 1.29 is 0 Å². The summed E-state index contributed by atoms with van der Waals surface area (Å²) < 4.78 is 0. The standard InChI is InChI=1S/C12H11N5OS/c13-5-7-1-2-9(8(3-7)6-14)19-12-16-10(15)4-11(18)17-12/h1-4H,5,13H2,(H3,15,16,17,18). The van der Waals surface area contributed by atoms with E-state index >= 15 is 0 Å². The van der Waals surface area contributed by atoms with Gasteiger partial charge in [-0.3, -0.25) is 4.79 Å². The maximum Gasteiger partial charge on any atom is 0.253 e. The number of nitriles is 1. The van der Waals surface area contributed by atoms with Crippen LogP contribution in [0, 0.1) is 11.3 Å². The molecule has 0 bridgehead atoms. The van der Waals surface area contributed by atoms with Crippen molar-refractivity contribution >= 4 is 17.6 Å². The van der Waals surface area contributed by atoms with Crippen molar-refractivity contribution in [1.82, 2.24) is 9.97 Å². The van der Waals surface area contributed by atoms with Gasteiger partial charge >= 0.3 is 0 Å². The molecule has 0 fully saturated rings. The molecule has 0 aliphatic rings. The van der Waals surface area contributed by atoms with Crippen LogP contribution in [-0.2, 0) is 6.54 Å². The SMILES string of the molecule is N#Cc1cc(CN)ccc1Sc1nc(N)cc(=O)[nH]1. The quantitative estimate of drug-likeness (QED) is 0.712. The molecule has 0 unspecified atom stereocenters. The molecule has 0 aliphatic carbocycles. The first-order chi connectivity index (χ1) is 9.12. The van der Waals surface area contributed by atoms with Crippen LogP contribution >= 0.6 is 11.8 Å². The van der Waals surface area contributed by atoms with E-state index < -0.39 is 0 Å². The zero-order valence-corrected chi connectivity index (χ0v) is 10.7. The molecule has 2 rings (SSSR count). The Balaban J connectivity index is 2.38. The van der Waals surface area contributed by atoms with Crippen molar-refractivity contribution in [3.05, 3.63) is 45.7 Å². The van der Waals surface area contributed by atoms with Gasteiger partial charge in [-0.05, 0) is 17.7 Å². The minimum absolute atomic E-state index is 0.142. The third kappa shape index (κ3) is 3.13. The van der Waals surface area contributed by atoms with Crippen molar-refractivity contribution in [3.8, 4) is 6.07 Å². The van der Waals surface area contributed by atoms with Crippen LogP contribution in [0.3, 0.4) is 0 Å². The van der Waals surface area contributed by atoms with Crippen molar-refractivity contribution in [1.29, 1.82) is 5.26 Å². The Kier molecular flexibility index (Phi) is 3.85. The van der Waals surface area contributed by atoms with E-state index in [-0.39, 0.29) is 11.4 Å². The third-order valence-electron chi connectivity index (χ3n) is 2.35. The Bertz CT molecular complexity index is 704. The Labute approximate surface area is 113 Å². The molecular weight excluding hydrogens is 262 g/mol. The van der Waals surface area contributed by atoms with E-state index in [1.807, 2.05) is 6.07 Å². The zero-order chi connectivity index (χ0) is 13.8. The molecule has 0 aliphatic heterocycles. The first-order valence-electron chi connectivity index (χ1n) is 5.40. The minimum Gasteiger partial charge on any atom is -0.383 e. The predicted octanol–water partition coefficient (Wildman–Crippen LogP) is 0.834. The summed E-state index contributed by atoms with van der Waals surface area (Å²) in [6, 6.07) is 8.61. The maximum atomic E-state index is 11.3. The highest BCUT2D eigenvalue weighted by Gasteiger charge is 2.07. The molecule has 7 heteroatoms. The molecule has 6 nitrogen and oxygen atoms in total. The summed E-state index contributed by atoms with van der Waals surface area (Å²) in [7, 11) is 0. The van der Waals surface area contributed by atoms with Crippen molar-refractivity contribution in [3.63, 3.8) is 0 Å². The van der Waals surface area contributed by atoms with Crippen LogP contribution in [0.1, 0.15) is 11.1 Å². The van der Waals surface area contributed by atoms with Crippen molar-refractivity contribution in [2.45, 2.75) is 16.6 Å². The van der Waals surface area contributed by atoms with Gasteiger partial charge in [-0.1, -0.05) is 17.8 Å². The summed E-state index contributed by atoms with van der Waals surface area (Å²) >= 11 is 1.18. The number of hydrogen-bond donors (Lipinski definition) is 3. The summed E-state index contributed by atoms with van der Waals surface area (Å²) in [4.78, 5) is 18.5. The molecule has 96 valence electrons. The molecule has 19 heavy (non-hydrogen) atoms. The largest absolute Gasteiger partial charge is 0.383 e. The van der Waals surface area contributed by atoms with E-state index in [1.54, 1.807) is 12.1 Å². The number of aromatic amines is 1. The lowest BCUT2D eigenvalue weighted by atomic mass is 10.1. The van der Waals surface area contributed by atoms with E-state index in [4.69, 9.17) is 16.7 Å². The monoisotopic (exact) mass is 273 g/mol. The van der Waals surface area contributed by atoms with Crippen molar-refractivity contribution in [2.24, 2.45) is 5.73 Å². The van der Waals surface area contributed by atoms with E-state index in [1.165, 1.54) is 17.8 Å². The number of H-pyrrole nitrogens is 1. The maximum absolute atomic E-state index is 11.3. The summed E-state index contributed by atoms with van der Waals surface area (Å²) in [5.74, 6) is 0.142. The second-order valence-electron chi connectivity index (χ2n) is 3.72. The third-order valence-corrected chi connectivity index (χ3v) is 3.31. The fraction of sp³-hybridized carbons (Fsp3) is 0.0833. The van der Waals surface area contributed by atoms with Gasteiger partial charge in [0.1, 0.15) is 11.9 Å². The fourth-order valence-electron chi connectivity index (χ4n) is 1.49. The van der Waals surface area contributed by atoms with Crippen LogP contribution < -0.4 is 17.0 Å². The van der Waals surface area contributed by atoms with Crippen LogP contribution in [0.5, 0.6) is 0 Å². The van der Waals surface area contributed by atoms with Gasteiger partial charge in [0.2, 0.25) is 0 Å². The van der Waals surface area contributed by atoms with Gasteiger partial charge in [0, 0.05) is 17.5 Å². The van der Waals surface area contributed by atoms with Gasteiger partial charge in [0.15, 0.2) is 5.16 Å². The molecule has 0 saturated carbocycles. The molecular formula is C12H11N5OS. The van der Waals surface area contributed by atoms with Crippen LogP contribution in [0.15, 0.2) is 39.1 Å². The lowest BCUT2D eigenvalue weighted by Crippen LogP contribution is -2.09. The molecule has 5 N–H and O–H groups in total. The second kappa shape index (κ2) is 5.56. The Morgan fingerprint density at radius 1 is 1.42 bits per heavy atom. The molecule has 1 aromatic carbocycles. The number of nitrogens with one attached hydrogen (secondary N) is 1. The molecule has 0 saturated heterocycles. The lowest BCUT2D eigenvalue weighted by Gasteiger charge is -2.05. The predicted molar refractivity (Wildman–Crippen MR) is 72.4 cm³/mol. The highest BCUT2D eigenvalue weighted by Crippen LogP contribution is 2.28. The summed E-state index contributed by atoms with van der Waals surface area (Å²) in [5, 5.41) is 9.45. The van der Waals surface area contributed by atoms with Gasteiger partial charge in [-0.25, -0.2) is 4.98 Å². The zero-order valence-electron chi connectivity index (χ0n) is 9.88. The number of nitrogens with zero attached hydrogens (tertiary/aromatic N) is 2. The molecule has 1 aromatic heterocycles. The van der Waals surface area contributed by atoms with Crippen LogP contribution in [0.4, 0.5) is 5.82 Å². The minimum atomic E-state index is -0.327. The molecule has 0 amide bonds. The van der Waals surface area contributed by atoms with Crippen LogP contribution in [-0.4, -0.2) is 9.97 Å². The van der Waals surface area contributed by atoms with Gasteiger partial charge in [0.25, 0.3) is 5.56 Å².